The van der Waals surface area contributed by atoms with Crippen LogP contribution in [-0.2, 0) is 12.0 Å². The summed E-state index contributed by atoms with van der Waals surface area (Å²) in [6.07, 6.45) is 3.63. The maximum Gasteiger partial charge on any atom is 0.275 e. The molecule has 1 saturated carbocycles. The molecule has 0 radical (unpaired) electrons. The van der Waals surface area contributed by atoms with Gasteiger partial charge in [-0.15, -0.1) is 0 Å². The Kier molecular flexibility index (Phi) is 3.90. The largest absolute Gasteiger partial charge is 0.392 e. The maximum absolute atomic E-state index is 9.39. The first-order valence-electron chi connectivity index (χ1n) is 7.75. The van der Waals surface area contributed by atoms with E-state index in [2.05, 4.69) is 17.1 Å². The number of aliphatic hydroxyl groups is 1. The predicted molar refractivity (Wildman–Crippen MR) is 87.7 cm³/mol. The molecule has 1 aliphatic rings. The fourth-order valence-electron chi connectivity index (χ4n) is 2.90. The Balaban J connectivity index is 1.97. The van der Waals surface area contributed by atoms with Crippen LogP contribution in [0.1, 0.15) is 55.1 Å². The molecule has 0 bridgehead atoms. The summed E-state index contributed by atoms with van der Waals surface area (Å²) in [6, 6.07) is 5.98. The van der Waals surface area contributed by atoms with Gasteiger partial charge in [-0.1, -0.05) is 28.9 Å². The van der Waals surface area contributed by atoms with Crippen LogP contribution in [0.5, 0.6) is 0 Å². The van der Waals surface area contributed by atoms with E-state index >= 15 is 0 Å². The number of nitrogens with zero attached hydrogens (tertiary/aromatic N) is 2. The van der Waals surface area contributed by atoms with Gasteiger partial charge in [0.25, 0.3) is 5.89 Å². The minimum absolute atomic E-state index is 0.0199. The second-order valence-corrected chi connectivity index (χ2v) is 6.45. The molecule has 0 amide bonds. The summed E-state index contributed by atoms with van der Waals surface area (Å²) in [5, 5.41) is 21.5. The van der Waals surface area contributed by atoms with Gasteiger partial charge in [-0.3, -0.25) is 5.41 Å². The summed E-state index contributed by atoms with van der Waals surface area (Å²) in [7, 11) is 0. The highest BCUT2D eigenvalue weighted by Gasteiger charge is 2.50. The molecule has 120 valence electrons. The minimum atomic E-state index is -0.234. The lowest BCUT2D eigenvalue weighted by Gasteiger charge is -2.15. The fourth-order valence-corrected chi connectivity index (χ4v) is 2.90. The molecular formula is C18H21N3O2. The maximum atomic E-state index is 9.39. The number of allylic oxidation sites excluding steroid dienone is 2. The number of aromatic nitrogens is 2. The average molecular weight is 311 g/mol. The van der Waals surface area contributed by atoms with Crippen LogP contribution in [-0.4, -0.2) is 21.0 Å². The van der Waals surface area contributed by atoms with Gasteiger partial charge in [0.05, 0.1) is 12.0 Å². The molecule has 1 fully saturated rings. The van der Waals surface area contributed by atoms with E-state index in [1.807, 2.05) is 32.0 Å². The number of aryl methyl sites for hydroxylation is 1. The average Bonchev–Trinajstić information content (AvgIpc) is 3.16. The van der Waals surface area contributed by atoms with Gasteiger partial charge in [0, 0.05) is 0 Å². The lowest BCUT2D eigenvalue weighted by Crippen LogP contribution is -2.13. The SMILES string of the molecule is CC(C)=CC(=N)c1nc(C2(c3cc(CO)ccc3C)CC2)no1. The summed E-state index contributed by atoms with van der Waals surface area (Å²) in [6.45, 7) is 5.94. The third kappa shape index (κ3) is 2.84. The van der Waals surface area contributed by atoms with Crippen molar-refractivity contribution in [2.24, 2.45) is 0 Å². The van der Waals surface area contributed by atoms with E-state index in [-0.39, 0.29) is 23.6 Å². The first-order valence-corrected chi connectivity index (χ1v) is 7.75. The van der Waals surface area contributed by atoms with Crippen molar-refractivity contribution in [3.8, 4) is 0 Å². The van der Waals surface area contributed by atoms with Gasteiger partial charge in [0.2, 0.25) is 0 Å². The first kappa shape index (κ1) is 15.6. The van der Waals surface area contributed by atoms with E-state index in [0.717, 1.165) is 35.1 Å². The number of aliphatic hydroxyl groups excluding tert-OH is 1. The molecule has 1 aromatic heterocycles. The number of hydrogen-bond donors (Lipinski definition) is 2. The van der Waals surface area contributed by atoms with E-state index in [1.54, 1.807) is 6.08 Å². The Hall–Kier alpha value is -2.27. The van der Waals surface area contributed by atoms with E-state index in [9.17, 15) is 5.11 Å². The van der Waals surface area contributed by atoms with Crippen LogP contribution in [0.2, 0.25) is 0 Å². The normalized spacial score (nSPS) is 15.3. The second-order valence-electron chi connectivity index (χ2n) is 6.45. The topological polar surface area (TPSA) is 83.0 Å². The van der Waals surface area contributed by atoms with Crippen LogP contribution in [0.25, 0.3) is 0 Å². The molecule has 5 heteroatoms. The predicted octanol–water partition coefficient (Wildman–Crippen LogP) is 3.28. The molecule has 1 heterocycles. The Labute approximate surface area is 135 Å². The van der Waals surface area contributed by atoms with Crippen LogP contribution in [0, 0.1) is 12.3 Å². The fraction of sp³-hybridized carbons (Fsp3) is 0.389. The smallest absolute Gasteiger partial charge is 0.275 e. The lowest BCUT2D eigenvalue weighted by atomic mass is 9.90. The molecule has 0 atom stereocenters. The van der Waals surface area contributed by atoms with Crippen LogP contribution in [0.4, 0.5) is 0 Å². The monoisotopic (exact) mass is 311 g/mol. The Morgan fingerprint density at radius 2 is 2.13 bits per heavy atom. The van der Waals surface area contributed by atoms with Gasteiger partial charge in [-0.25, -0.2) is 0 Å². The van der Waals surface area contributed by atoms with Crippen molar-refractivity contribution in [2.45, 2.75) is 45.6 Å². The lowest BCUT2D eigenvalue weighted by molar-refractivity contribution is 0.281. The quantitative estimate of drug-likeness (QED) is 0.830. The summed E-state index contributed by atoms with van der Waals surface area (Å²) in [5.74, 6) is 0.890. The summed E-state index contributed by atoms with van der Waals surface area (Å²) >= 11 is 0. The Bertz CT molecular complexity index is 781. The van der Waals surface area contributed by atoms with Gasteiger partial charge >= 0.3 is 0 Å². The van der Waals surface area contributed by atoms with Gasteiger partial charge in [0.1, 0.15) is 5.71 Å². The number of hydrogen-bond acceptors (Lipinski definition) is 5. The van der Waals surface area contributed by atoms with Crippen molar-refractivity contribution in [1.82, 2.24) is 10.1 Å². The van der Waals surface area contributed by atoms with Gasteiger partial charge in [0.15, 0.2) is 5.82 Å². The third-order valence-electron chi connectivity index (χ3n) is 4.27. The highest BCUT2D eigenvalue weighted by molar-refractivity contribution is 6.03. The Morgan fingerprint density at radius 3 is 2.74 bits per heavy atom. The van der Waals surface area contributed by atoms with E-state index in [1.165, 1.54) is 0 Å². The second kappa shape index (κ2) is 5.74. The van der Waals surface area contributed by atoms with Crippen LogP contribution in [0.15, 0.2) is 34.4 Å². The van der Waals surface area contributed by atoms with Gasteiger partial charge in [-0.2, -0.15) is 4.98 Å². The van der Waals surface area contributed by atoms with Crippen molar-refractivity contribution < 1.29 is 9.63 Å². The van der Waals surface area contributed by atoms with Crippen LogP contribution < -0.4 is 0 Å². The van der Waals surface area contributed by atoms with E-state index in [4.69, 9.17) is 9.93 Å². The number of nitrogens with one attached hydrogen (secondary N) is 1. The molecule has 2 N–H and O–H groups in total. The third-order valence-corrected chi connectivity index (χ3v) is 4.27. The summed E-state index contributed by atoms with van der Waals surface area (Å²) in [5.41, 5.74) is 4.21. The molecule has 5 nitrogen and oxygen atoms in total. The molecule has 0 spiro atoms. The standard InChI is InChI=1S/C18H21N3O2/c1-11(2)8-15(19)16-20-17(21-23-16)18(6-7-18)14-9-13(10-22)5-4-12(14)3/h4-5,8-9,19,22H,6-7,10H2,1-3H3. The van der Waals surface area contributed by atoms with Crippen molar-refractivity contribution in [3.63, 3.8) is 0 Å². The molecule has 2 aromatic rings. The molecule has 3 rings (SSSR count). The van der Waals surface area contributed by atoms with Crippen molar-refractivity contribution in [1.29, 1.82) is 5.41 Å². The number of benzene rings is 1. The zero-order chi connectivity index (χ0) is 16.6. The zero-order valence-corrected chi connectivity index (χ0v) is 13.7. The molecular weight excluding hydrogens is 290 g/mol. The van der Waals surface area contributed by atoms with Crippen LogP contribution in [0.3, 0.4) is 0 Å². The Morgan fingerprint density at radius 1 is 1.39 bits per heavy atom. The molecule has 1 aliphatic carbocycles. The summed E-state index contributed by atoms with van der Waals surface area (Å²) in [4.78, 5) is 4.46. The number of rotatable bonds is 5. The van der Waals surface area contributed by atoms with Gasteiger partial charge < -0.3 is 9.63 Å². The van der Waals surface area contributed by atoms with E-state index in [0.29, 0.717) is 5.82 Å². The van der Waals surface area contributed by atoms with Crippen molar-refractivity contribution in [2.75, 3.05) is 0 Å². The van der Waals surface area contributed by atoms with E-state index < -0.39 is 0 Å². The van der Waals surface area contributed by atoms with Crippen molar-refractivity contribution in [3.05, 3.63) is 58.3 Å². The molecule has 0 saturated heterocycles. The molecule has 0 aliphatic heterocycles. The highest BCUT2D eigenvalue weighted by atomic mass is 16.5. The van der Waals surface area contributed by atoms with Crippen molar-refractivity contribution >= 4 is 5.71 Å². The minimum Gasteiger partial charge on any atom is -0.392 e. The molecule has 23 heavy (non-hydrogen) atoms. The molecule has 1 aromatic carbocycles. The summed E-state index contributed by atoms with van der Waals surface area (Å²) < 4.78 is 5.29. The first-order chi connectivity index (χ1) is 11.0. The van der Waals surface area contributed by atoms with Gasteiger partial charge in [-0.05, 0) is 56.4 Å². The highest BCUT2D eigenvalue weighted by Crippen LogP contribution is 2.53. The van der Waals surface area contributed by atoms with Crippen LogP contribution >= 0.6 is 0 Å². The molecule has 0 unspecified atom stereocenters. The zero-order valence-electron chi connectivity index (χ0n) is 13.7.